The van der Waals surface area contributed by atoms with Crippen LogP contribution < -0.4 is 4.74 Å². The second-order valence-corrected chi connectivity index (χ2v) is 3.32. The third-order valence-corrected chi connectivity index (χ3v) is 1.95. The van der Waals surface area contributed by atoms with Crippen molar-refractivity contribution in [3.8, 4) is 5.75 Å². The van der Waals surface area contributed by atoms with Gasteiger partial charge in [-0.05, 0) is 12.1 Å². The Bertz CT molecular complexity index is 469. The molecule has 0 amide bonds. The van der Waals surface area contributed by atoms with Gasteiger partial charge >= 0.3 is 18.1 Å². The van der Waals surface area contributed by atoms with Crippen molar-refractivity contribution in [2.75, 3.05) is 0 Å². The number of para-hydroxylation sites is 1. The Hall–Kier alpha value is -2.61. The second-order valence-electron chi connectivity index (χ2n) is 3.32. The molecule has 0 aliphatic carbocycles. The van der Waals surface area contributed by atoms with E-state index in [0.717, 1.165) is 0 Å². The molecule has 0 spiro atoms. The molecule has 0 fully saturated rings. The summed E-state index contributed by atoms with van der Waals surface area (Å²) in [7, 11) is 0. The quantitative estimate of drug-likeness (QED) is 0.507. The van der Waals surface area contributed by atoms with E-state index in [1.54, 1.807) is 18.2 Å². The minimum absolute atomic E-state index is 0.0847. The van der Waals surface area contributed by atoms with Crippen LogP contribution in [-0.2, 0) is 14.3 Å². The number of carbonyl (C=O) groups excluding carboxylic acids is 1. The van der Waals surface area contributed by atoms with Crippen LogP contribution >= 0.6 is 0 Å². The topological polar surface area (TPSA) is 130 Å². The molecular formula is C11H10O8. The van der Waals surface area contributed by atoms with Crippen LogP contribution in [0.2, 0.25) is 0 Å². The van der Waals surface area contributed by atoms with Gasteiger partial charge in [-0.1, -0.05) is 18.2 Å². The van der Waals surface area contributed by atoms with E-state index < -0.39 is 30.3 Å². The highest BCUT2D eigenvalue weighted by Gasteiger charge is 2.36. The SMILES string of the molecule is O=C(Oc1ccccc1)OC(C(=O)O)C(O)C(=O)O. The predicted molar refractivity (Wildman–Crippen MR) is 58.6 cm³/mol. The van der Waals surface area contributed by atoms with Gasteiger partial charge in [0.15, 0.2) is 6.10 Å². The molecule has 0 saturated heterocycles. The number of aliphatic hydroxyl groups is 1. The van der Waals surface area contributed by atoms with Crippen LogP contribution in [0, 0.1) is 0 Å². The summed E-state index contributed by atoms with van der Waals surface area (Å²) in [5.41, 5.74) is 0. The molecule has 1 rings (SSSR count). The Balaban J connectivity index is 2.67. The van der Waals surface area contributed by atoms with E-state index in [1.165, 1.54) is 12.1 Å². The summed E-state index contributed by atoms with van der Waals surface area (Å²) in [5, 5.41) is 26.2. The summed E-state index contributed by atoms with van der Waals surface area (Å²) in [6.07, 6.45) is -6.08. The number of hydrogen-bond acceptors (Lipinski definition) is 6. The molecule has 1 aromatic rings. The Morgan fingerprint density at radius 1 is 1.00 bits per heavy atom. The fourth-order valence-corrected chi connectivity index (χ4v) is 1.09. The van der Waals surface area contributed by atoms with Crippen molar-refractivity contribution in [2.24, 2.45) is 0 Å². The van der Waals surface area contributed by atoms with Crippen molar-refractivity contribution in [1.82, 2.24) is 0 Å². The molecule has 0 aliphatic heterocycles. The second kappa shape index (κ2) is 6.36. The van der Waals surface area contributed by atoms with Crippen LogP contribution in [0.15, 0.2) is 30.3 Å². The number of aliphatic carboxylic acids is 2. The Morgan fingerprint density at radius 3 is 2.05 bits per heavy atom. The van der Waals surface area contributed by atoms with Gasteiger partial charge < -0.3 is 24.8 Å². The summed E-state index contributed by atoms with van der Waals surface area (Å²) in [6, 6.07) is 7.59. The maximum absolute atomic E-state index is 11.2. The zero-order valence-electron chi connectivity index (χ0n) is 9.42. The molecule has 3 N–H and O–H groups in total. The number of ether oxygens (including phenoxy) is 2. The molecule has 0 radical (unpaired) electrons. The van der Waals surface area contributed by atoms with Crippen molar-refractivity contribution in [2.45, 2.75) is 12.2 Å². The van der Waals surface area contributed by atoms with Gasteiger partial charge in [0.1, 0.15) is 5.75 Å². The van der Waals surface area contributed by atoms with Crippen LogP contribution in [0.5, 0.6) is 5.75 Å². The van der Waals surface area contributed by atoms with Gasteiger partial charge in [0.05, 0.1) is 0 Å². The molecule has 0 heterocycles. The molecule has 0 aromatic heterocycles. The lowest BCUT2D eigenvalue weighted by atomic mass is 10.2. The van der Waals surface area contributed by atoms with E-state index in [1.807, 2.05) is 0 Å². The Morgan fingerprint density at radius 2 is 1.58 bits per heavy atom. The van der Waals surface area contributed by atoms with Gasteiger partial charge in [0.25, 0.3) is 0 Å². The van der Waals surface area contributed by atoms with Gasteiger partial charge in [-0.25, -0.2) is 14.4 Å². The minimum Gasteiger partial charge on any atom is -0.479 e. The average Bonchev–Trinajstić information content (AvgIpc) is 2.36. The van der Waals surface area contributed by atoms with E-state index in [4.69, 9.17) is 15.3 Å². The van der Waals surface area contributed by atoms with Crippen LogP contribution in [0.3, 0.4) is 0 Å². The first-order valence-corrected chi connectivity index (χ1v) is 4.99. The zero-order valence-corrected chi connectivity index (χ0v) is 9.42. The van der Waals surface area contributed by atoms with Gasteiger partial charge in [-0.2, -0.15) is 0 Å². The number of hydrogen-bond donors (Lipinski definition) is 3. The van der Waals surface area contributed by atoms with E-state index in [9.17, 15) is 14.4 Å². The van der Waals surface area contributed by atoms with Crippen LogP contribution in [0.4, 0.5) is 4.79 Å². The normalized spacial score (nSPS) is 13.1. The molecular weight excluding hydrogens is 260 g/mol. The highest BCUT2D eigenvalue weighted by molar-refractivity contribution is 5.85. The summed E-state index contributed by atoms with van der Waals surface area (Å²) in [5.74, 6) is -3.55. The van der Waals surface area contributed by atoms with Crippen molar-refractivity contribution in [3.63, 3.8) is 0 Å². The Labute approximate surface area is 106 Å². The first kappa shape index (κ1) is 14.5. The largest absolute Gasteiger partial charge is 0.514 e. The van der Waals surface area contributed by atoms with Crippen molar-refractivity contribution in [1.29, 1.82) is 0 Å². The van der Waals surface area contributed by atoms with Crippen molar-refractivity contribution >= 4 is 18.1 Å². The number of carboxylic acid groups (broad SMARTS) is 2. The fraction of sp³-hybridized carbons (Fsp3) is 0.182. The van der Waals surface area contributed by atoms with Crippen LogP contribution in [0.1, 0.15) is 0 Å². The van der Waals surface area contributed by atoms with Gasteiger partial charge in [-0.15, -0.1) is 0 Å². The lowest BCUT2D eigenvalue weighted by Crippen LogP contribution is -2.43. The molecule has 0 aliphatic rings. The molecule has 1 aromatic carbocycles. The molecule has 19 heavy (non-hydrogen) atoms. The number of rotatable bonds is 5. The molecule has 102 valence electrons. The maximum Gasteiger partial charge on any atom is 0.514 e. The first-order valence-electron chi connectivity index (χ1n) is 4.99. The van der Waals surface area contributed by atoms with E-state index >= 15 is 0 Å². The monoisotopic (exact) mass is 270 g/mol. The summed E-state index contributed by atoms with van der Waals surface area (Å²) >= 11 is 0. The number of carboxylic acids is 2. The lowest BCUT2D eigenvalue weighted by Gasteiger charge is -2.15. The average molecular weight is 270 g/mol. The molecule has 2 atom stereocenters. The molecule has 8 nitrogen and oxygen atoms in total. The van der Waals surface area contributed by atoms with Crippen molar-refractivity contribution in [3.05, 3.63) is 30.3 Å². The third kappa shape index (κ3) is 4.28. The number of benzene rings is 1. The molecule has 0 saturated carbocycles. The standard InChI is InChI=1S/C11H10O8/c12-7(9(13)14)8(10(15)16)19-11(17)18-6-4-2-1-3-5-6/h1-5,7-8,12H,(H,13,14)(H,15,16). The summed E-state index contributed by atoms with van der Waals surface area (Å²) in [6.45, 7) is 0. The zero-order chi connectivity index (χ0) is 14.4. The molecule has 0 bridgehead atoms. The van der Waals surface area contributed by atoms with Crippen molar-refractivity contribution < 1.29 is 39.2 Å². The lowest BCUT2D eigenvalue weighted by molar-refractivity contribution is -0.166. The van der Waals surface area contributed by atoms with Crippen LogP contribution in [0.25, 0.3) is 0 Å². The smallest absolute Gasteiger partial charge is 0.479 e. The molecule has 2 unspecified atom stereocenters. The van der Waals surface area contributed by atoms with E-state index in [2.05, 4.69) is 9.47 Å². The highest BCUT2D eigenvalue weighted by Crippen LogP contribution is 2.11. The Kier molecular flexibility index (Phi) is 4.84. The highest BCUT2D eigenvalue weighted by atomic mass is 16.7. The predicted octanol–water partition coefficient (Wildman–Crippen LogP) is 0.101. The van der Waals surface area contributed by atoms with Crippen LogP contribution in [-0.4, -0.2) is 45.6 Å². The van der Waals surface area contributed by atoms with Gasteiger partial charge in [0, 0.05) is 0 Å². The van der Waals surface area contributed by atoms with Gasteiger partial charge in [-0.3, -0.25) is 0 Å². The fourth-order valence-electron chi connectivity index (χ4n) is 1.09. The maximum atomic E-state index is 11.2. The number of aliphatic hydroxyl groups excluding tert-OH is 1. The van der Waals surface area contributed by atoms with E-state index in [-0.39, 0.29) is 5.75 Å². The first-order chi connectivity index (χ1) is 8.91. The minimum atomic E-state index is -2.39. The van der Waals surface area contributed by atoms with Gasteiger partial charge in [0.2, 0.25) is 6.10 Å². The summed E-state index contributed by atoms with van der Waals surface area (Å²) < 4.78 is 8.84. The molecule has 8 heteroatoms. The third-order valence-electron chi connectivity index (χ3n) is 1.95. The van der Waals surface area contributed by atoms with E-state index in [0.29, 0.717) is 0 Å². The number of carbonyl (C=O) groups is 3. The summed E-state index contributed by atoms with van der Waals surface area (Å²) in [4.78, 5) is 32.4.